The molecule has 2 aliphatic rings. The molecule has 0 spiro atoms. The van der Waals surface area contributed by atoms with Gasteiger partial charge in [0.05, 0.1) is 5.02 Å². The van der Waals surface area contributed by atoms with Gasteiger partial charge >= 0.3 is 6.03 Å². The van der Waals surface area contributed by atoms with Crippen LogP contribution in [0.15, 0.2) is 12.1 Å². The third-order valence-electron chi connectivity index (χ3n) is 4.88. The molecule has 1 aliphatic heterocycles. The predicted molar refractivity (Wildman–Crippen MR) is 93.9 cm³/mol. The highest BCUT2D eigenvalue weighted by molar-refractivity contribution is 6.32. The summed E-state index contributed by atoms with van der Waals surface area (Å²) in [4.78, 5) is 14.3. The fourth-order valence-corrected chi connectivity index (χ4v) is 3.78. The largest absolute Gasteiger partial charge is 0.486 e. The van der Waals surface area contributed by atoms with Crippen molar-refractivity contribution in [2.75, 3.05) is 20.3 Å². The van der Waals surface area contributed by atoms with Crippen LogP contribution in [0.5, 0.6) is 11.5 Å². The molecule has 0 saturated heterocycles. The lowest BCUT2D eigenvalue weighted by atomic mass is 9.86. The number of hydrogen-bond acceptors (Lipinski definition) is 3. The number of ether oxygens (including phenoxy) is 2. The highest BCUT2D eigenvalue weighted by Crippen LogP contribution is 2.38. The second-order valence-corrected chi connectivity index (χ2v) is 7.20. The van der Waals surface area contributed by atoms with Crippen LogP contribution in [0.4, 0.5) is 4.79 Å². The molecule has 1 fully saturated rings. The van der Waals surface area contributed by atoms with Crippen molar-refractivity contribution in [3.63, 3.8) is 0 Å². The summed E-state index contributed by atoms with van der Waals surface area (Å²) < 4.78 is 11.1. The van der Waals surface area contributed by atoms with Crippen LogP contribution in [0.25, 0.3) is 0 Å². The summed E-state index contributed by atoms with van der Waals surface area (Å²) in [5.41, 5.74) is 0.906. The molecule has 5 nitrogen and oxygen atoms in total. The molecule has 0 bridgehead atoms. The number of nitrogens with zero attached hydrogens (tertiary/aromatic N) is 1. The van der Waals surface area contributed by atoms with E-state index in [4.69, 9.17) is 21.1 Å². The Kier molecular flexibility index (Phi) is 5.39. The van der Waals surface area contributed by atoms with E-state index in [-0.39, 0.29) is 6.03 Å². The maximum absolute atomic E-state index is 12.4. The summed E-state index contributed by atoms with van der Waals surface area (Å²) in [6.45, 7) is 3.70. The first kappa shape index (κ1) is 17.2. The summed E-state index contributed by atoms with van der Waals surface area (Å²) in [5.74, 6) is 1.93. The van der Waals surface area contributed by atoms with Gasteiger partial charge in [0.15, 0.2) is 11.5 Å². The zero-order valence-corrected chi connectivity index (χ0v) is 15.1. The maximum atomic E-state index is 12.4. The Hall–Kier alpha value is -1.62. The molecule has 1 N–H and O–H groups in total. The first-order valence-electron chi connectivity index (χ1n) is 8.63. The Morgan fingerprint density at radius 1 is 1.33 bits per heavy atom. The second-order valence-electron chi connectivity index (χ2n) is 6.80. The van der Waals surface area contributed by atoms with E-state index in [2.05, 4.69) is 12.2 Å². The van der Waals surface area contributed by atoms with Crippen molar-refractivity contribution in [2.45, 2.75) is 45.2 Å². The number of benzene rings is 1. The Balaban J connectivity index is 1.59. The quantitative estimate of drug-likeness (QED) is 0.899. The molecular formula is C18H25ClN2O3. The van der Waals surface area contributed by atoms with Crippen molar-refractivity contribution in [2.24, 2.45) is 5.92 Å². The topological polar surface area (TPSA) is 50.8 Å². The van der Waals surface area contributed by atoms with E-state index in [1.165, 1.54) is 12.8 Å². The SMILES string of the molecule is CC1CCCC(N(C)C(=O)NCc2cc(Cl)c3c(c2)OCCO3)C1. The zero-order valence-electron chi connectivity index (χ0n) is 14.3. The van der Waals surface area contributed by atoms with Gasteiger partial charge in [-0.3, -0.25) is 0 Å². The molecule has 6 heteroatoms. The third kappa shape index (κ3) is 3.89. The summed E-state index contributed by atoms with van der Waals surface area (Å²) in [5, 5.41) is 3.50. The zero-order chi connectivity index (χ0) is 17.1. The van der Waals surface area contributed by atoms with E-state index in [1.807, 2.05) is 24.1 Å². The van der Waals surface area contributed by atoms with E-state index in [0.717, 1.165) is 18.4 Å². The van der Waals surface area contributed by atoms with Gasteiger partial charge in [0, 0.05) is 19.6 Å². The fourth-order valence-electron chi connectivity index (χ4n) is 3.49. The average molecular weight is 353 g/mol. The van der Waals surface area contributed by atoms with E-state index in [0.29, 0.717) is 48.2 Å². The van der Waals surface area contributed by atoms with Gasteiger partial charge in [-0.05, 0) is 36.5 Å². The average Bonchev–Trinajstić information content (AvgIpc) is 2.59. The highest BCUT2D eigenvalue weighted by atomic mass is 35.5. The van der Waals surface area contributed by atoms with Crippen molar-refractivity contribution >= 4 is 17.6 Å². The van der Waals surface area contributed by atoms with Crippen LogP contribution >= 0.6 is 11.6 Å². The van der Waals surface area contributed by atoms with Crippen LogP contribution in [0.1, 0.15) is 38.2 Å². The number of amides is 2. The van der Waals surface area contributed by atoms with Gasteiger partial charge in [-0.2, -0.15) is 0 Å². The smallest absolute Gasteiger partial charge is 0.317 e. The maximum Gasteiger partial charge on any atom is 0.317 e. The molecule has 0 radical (unpaired) electrons. The van der Waals surface area contributed by atoms with Crippen LogP contribution in [-0.2, 0) is 6.54 Å². The van der Waals surface area contributed by atoms with Gasteiger partial charge in [-0.25, -0.2) is 4.79 Å². The number of carbonyl (C=O) groups is 1. The first-order chi connectivity index (χ1) is 11.5. The molecule has 1 aliphatic carbocycles. The second kappa shape index (κ2) is 7.51. The van der Waals surface area contributed by atoms with Gasteiger partial charge in [0.1, 0.15) is 13.2 Å². The van der Waals surface area contributed by atoms with E-state index in [9.17, 15) is 4.79 Å². The van der Waals surface area contributed by atoms with Crippen molar-refractivity contribution in [3.05, 3.63) is 22.7 Å². The molecule has 2 atom stereocenters. The first-order valence-corrected chi connectivity index (χ1v) is 9.01. The lowest BCUT2D eigenvalue weighted by Crippen LogP contribution is -2.45. The van der Waals surface area contributed by atoms with Crippen molar-refractivity contribution < 1.29 is 14.3 Å². The number of fused-ring (bicyclic) bond motifs is 1. The Labute approximate surface area is 148 Å². The van der Waals surface area contributed by atoms with Crippen LogP contribution in [0, 0.1) is 5.92 Å². The summed E-state index contributed by atoms with van der Waals surface area (Å²) in [6.07, 6.45) is 4.63. The summed E-state index contributed by atoms with van der Waals surface area (Å²) in [6, 6.07) is 3.99. The molecule has 1 aromatic rings. The van der Waals surface area contributed by atoms with Crippen LogP contribution in [-0.4, -0.2) is 37.2 Å². The molecule has 1 saturated carbocycles. The van der Waals surface area contributed by atoms with Crippen LogP contribution in [0.3, 0.4) is 0 Å². The van der Waals surface area contributed by atoms with Gasteiger partial charge < -0.3 is 19.7 Å². The Morgan fingerprint density at radius 2 is 2.12 bits per heavy atom. The lowest BCUT2D eigenvalue weighted by Gasteiger charge is -2.34. The molecule has 2 unspecified atom stereocenters. The van der Waals surface area contributed by atoms with E-state index in [1.54, 1.807) is 0 Å². The third-order valence-corrected chi connectivity index (χ3v) is 5.16. The molecule has 1 aromatic carbocycles. The van der Waals surface area contributed by atoms with Crippen molar-refractivity contribution in [1.82, 2.24) is 10.2 Å². The molecule has 1 heterocycles. The molecule has 3 rings (SSSR count). The van der Waals surface area contributed by atoms with Gasteiger partial charge in [0.2, 0.25) is 0 Å². The number of halogens is 1. The van der Waals surface area contributed by atoms with Crippen molar-refractivity contribution in [1.29, 1.82) is 0 Å². The lowest BCUT2D eigenvalue weighted by molar-refractivity contribution is 0.160. The Morgan fingerprint density at radius 3 is 2.92 bits per heavy atom. The van der Waals surface area contributed by atoms with E-state index >= 15 is 0 Å². The van der Waals surface area contributed by atoms with Gasteiger partial charge in [0.25, 0.3) is 0 Å². The number of hydrogen-bond donors (Lipinski definition) is 1. The normalized spacial score (nSPS) is 22.8. The molecule has 132 valence electrons. The number of carbonyl (C=O) groups excluding carboxylic acids is 1. The molecule has 2 amide bonds. The Bertz CT molecular complexity index is 608. The molecular weight excluding hydrogens is 328 g/mol. The van der Waals surface area contributed by atoms with E-state index < -0.39 is 0 Å². The summed E-state index contributed by atoms with van der Waals surface area (Å²) in [7, 11) is 1.88. The van der Waals surface area contributed by atoms with Crippen LogP contribution in [0.2, 0.25) is 5.02 Å². The monoisotopic (exact) mass is 352 g/mol. The summed E-state index contributed by atoms with van der Waals surface area (Å²) >= 11 is 6.23. The minimum Gasteiger partial charge on any atom is -0.486 e. The van der Waals surface area contributed by atoms with Crippen LogP contribution < -0.4 is 14.8 Å². The highest BCUT2D eigenvalue weighted by Gasteiger charge is 2.25. The minimum atomic E-state index is -0.0416. The molecule has 24 heavy (non-hydrogen) atoms. The number of rotatable bonds is 3. The standard InChI is InChI=1S/C18H25ClN2O3/c1-12-4-3-5-14(8-12)21(2)18(22)20-11-13-9-15(19)17-16(10-13)23-6-7-24-17/h9-10,12,14H,3-8,11H2,1-2H3,(H,20,22). The van der Waals surface area contributed by atoms with Gasteiger partial charge in [-0.15, -0.1) is 0 Å². The van der Waals surface area contributed by atoms with Gasteiger partial charge in [-0.1, -0.05) is 31.4 Å². The molecule has 0 aromatic heterocycles. The number of nitrogens with one attached hydrogen (secondary N) is 1. The fraction of sp³-hybridized carbons (Fsp3) is 0.611. The predicted octanol–water partition coefficient (Wildman–Crippen LogP) is 3.83. The minimum absolute atomic E-state index is 0.0416. The number of urea groups is 1. The van der Waals surface area contributed by atoms with Crippen molar-refractivity contribution in [3.8, 4) is 11.5 Å².